The van der Waals surface area contributed by atoms with E-state index in [1.54, 1.807) is 7.11 Å². The van der Waals surface area contributed by atoms with Gasteiger partial charge < -0.3 is 20.1 Å². The zero-order chi connectivity index (χ0) is 22.1. The molecular weight excluding hydrogens is 436 g/mol. The molecule has 10 heteroatoms. The first-order valence-corrected chi connectivity index (χ1v) is 11.2. The second-order valence-electron chi connectivity index (χ2n) is 6.32. The highest BCUT2D eigenvalue weighted by Gasteiger charge is 2.22. The van der Waals surface area contributed by atoms with Crippen LogP contribution in [0.5, 0.6) is 5.75 Å². The van der Waals surface area contributed by atoms with Crippen molar-refractivity contribution in [1.82, 2.24) is 15.5 Å². The van der Waals surface area contributed by atoms with E-state index in [-0.39, 0.29) is 11.7 Å². The summed E-state index contributed by atoms with van der Waals surface area (Å²) in [5, 5.41) is 14.7. The number of hydrogen-bond donors (Lipinski definition) is 2. The van der Waals surface area contributed by atoms with Crippen molar-refractivity contribution >= 4 is 45.8 Å². The Balaban J connectivity index is 1.54. The lowest BCUT2D eigenvalue weighted by atomic mass is 10.1. The molecule has 0 fully saturated rings. The Morgan fingerprint density at radius 2 is 1.81 bits per heavy atom. The number of nitrogens with one attached hydrogen (secondary N) is 2. The third kappa shape index (κ3) is 6.69. The summed E-state index contributed by atoms with van der Waals surface area (Å²) in [7, 11) is 2.90. The van der Waals surface area contributed by atoms with Gasteiger partial charge in [0.2, 0.25) is 11.0 Å². The van der Waals surface area contributed by atoms with Gasteiger partial charge in [-0.1, -0.05) is 65.6 Å². The number of methoxy groups -OCH3 is 2. The highest BCUT2D eigenvalue weighted by Crippen LogP contribution is 2.31. The molecule has 0 aliphatic rings. The number of anilines is 2. The molecular formula is C21H22N4O4S2. The number of amides is 1. The minimum absolute atomic E-state index is 0.103. The van der Waals surface area contributed by atoms with Gasteiger partial charge >= 0.3 is 5.97 Å². The lowest BCUT2D eigenvalue weighted by molar-refractivity contribution is -0.144. The zero-order valence-corrected chi connectivity index (χ0v) is 18.7. The van der Waals surface area contributed by atoms with Crippen molar-refractivity contribution in [2.45, 2.75) is 16.8 Å². The second-order valence-corrected chi connectivity index (χ2v) is 8.52. The van der Waals surface area contributed by atoms with Crippen LogP contribution in [0.4, 0.5) is 10.8 Å². The maximum atomic E-state index is 12.4. The van der Waals surface area contributed by atoms with Crippen LogP contribution in [-0.4, -0.2) is 48.1 Å². The average Bonchev–Trinajstić information content (AvgIpc) is 3.25. The first kappa shape index (κ1) is 22.6. The van der Waals surface area contributed by atoms with Gasteiger partial charge in [-0.2, -0.15) is 0 Å². The second kappa shape index (κ2) is 11.3. The van der Waals surface area contributed by atoms with Gasteiger partial charge in [-0.05, 0) is 17.7 Å². The Morgan fingerprint density at radius 3 is 2.55 bits per heavy atom. The summed E-state index contributed by atoms with van der Waals surface area (Å²) in [6.07, 6.45) is 0.357. The van der Waals surface area contributed by atoms with E-state index in [1.807, 2.05) is 54.6 Å². The van der Waals surface area contributed by atoms with Gasteiger partial charge in [-0.25, -0.2) is 4.79 Å². The molecule has 0 aliphatic carbocycles. The van der Waals surface area contributed by atoms with Crippen LogP contribution in [0.15, 0.2) is 58.9 Å². The van der Waals surface area contributed by atoms with Gasteiger partial charge in [0.25, 0.3) is 0 Å². The Morgan fingerprint density at radius 1 is 1.06 bits per heavy atom. The van der Waals surface area contributed by atoms with Crippen LogP contribution in [0.3, 0.4) is 0 Å². The normalized spacial score (nSPS) is 11.4. The van der Waals surface area contributed by atoms with E-state index in [9.17, 15) is 9.59 Å². The first-order chi connectivity index (χ1) is 15.1. The Labute approximate surface area is 188 Å². The van der Waals surface area contributed by atoms with Crippen LogP contribution in [-0.2, 0) is 20.7 Å². The molecule has 162 valence electrons. The summed E-state index contributed by atoms with van der Waals surface area (Å²) in [6, 6.07) is 16.2. The van der Waals surface area contributed by atoms with Crippen molar-refractivity contribution in [2.24, 2.45) is 0 Å². The van der Waals surface area contributed by atoms with Crippen molar-refractivity contribution in [3.63, 3.8) is 0 Å². The van der Waals surface area contributed by atoms with Crippen LogP contribution in [0.25, 0.3) is 0 Å². The van der Waals surface area contributed by atoms with Crippen LogP contribution in [0.2, 0.25) is 0 Å². The van der Waals surface area contributed by atoms with Gasteiger partial charge in [-0.15, -0.1) is 10.2 Å². The fourth-order valence-electron chi connectivity index (χ4n) is 2.73. The smallest absolute Gasteiger partial charge is 0.328 e. The summed E-state index contributed by atoms with van der Waals surface area (Å²) in [5.74, 6) is 0.0247. The quantitative estimate of drug-likeness (QED) is 0.353. The van der Waals surface area contributed by atoms with Gasteiger partial charge in [0.05, 0.1) is 25.7 Å². The summed E-state index contributed by atoms with van der Waals surface area (Å²) >= 11 is 2.57. The zero-order valence-electron chi connectivity index (χ0n) is 17.0. The van der Waals surface area contributed by atoms with Crippen molar-refractivity contribution in [3.8, 4) is 5.75 Å². The molecule has 0 aliphatic heterocycles. The van der Waals surface area contributed by atoms with Crippen molar-refractivity contribution in [2.75, 3.05) is 25.3 Å². The van der Waals surface area contributed by atoms with E-state index in [4.69, 9.17) is 9.47 Å². The van der Waals surface area contributed by atoms with E-state index in [2.05, 4.69) is 20.8 Å². The molecule has 1 heterocycles. The minimum Gasteiger partial charge on any atom is -0.495 e. The topological polar surface area (TPSA) is 102 Å². The molecule has 0 saturated heterocycles. The number of para-hydroxylation sites is 2. The van der Waals surface area contributed by atoms with E-state index in [0.29, 0.717) is 21.6 Å². The molecule has 2 N–H and O–H groups in total. The monoisotopic (exact) mass is 458 g/mol. The molecule has 8 nitrogen and oxygen atoms in total. The summed E-state index contributed by atoms with van der Waals surface area (Å²) in [4.78, 5) is 24.5. The van der Waals surface area contributed by atoms with E-state index in [1.165, 1.54) is 30.2 Å². The number of hydrogen-bond acceptors (Lipinski definition) is 9. The summed E-state index contributed by atoms with van der Waals surface area (Å²) in [6.45, 7) is 0. The van der Waals surface area contributed by atoms with Gasteiger partial charge in [0, 0.05) is 6.42 Å². The van der Waals surface area contributed by atoms with Crippen molar-refractivity contribution in [1.29, 1.82) is 0 Å². The number of rotatable bonds is 10. The number of nitrogens with zero attached hydrogens (tertiary/aromatic N) is 2. The lowest BCUT2D eigenvalue weighted by Crippen LogP contribution is -2.43. The number of benzene rings is 2. The third-order valence-corrected chi connectivity index (χ3v) is 6.16. The largest absolute Gasteiger partial charge is 0.495 e. The van der Waals surface area contributed by atoms with Crippen LogP contribution < -0.4 is 15.4 Å². The molecule has 0 radical (unpaired) electrons. The highest BCUT2D eigenvalue weighted by atomic mass is 32.2. The van der Waals surface area contributed by atoms with Gasteiger partial charge in [0.1, 0.15) is 11.8 Å². The lowest BCUT2D eigenvalue weighted by Gasteiger charge is -2.16. The number of ether oxygens (including phenoxy) is 2. The maximum absolute atomic E-state index is 12.4. The molecule has 0 unspecified atom stereocenters. The maximum Gasteiger partial charge on any atom is 0.328 e. The van der Waals surface area contributed by atoms with Crippen molar-refractivity contribution < 1.29 is 19.1 Å². The average molecular weight is 459 g/mol. The Kier molecular flexibility index (Phi) is 8.25. The number of thioether (sulfide) groups is 1. The number of carbonyl (C=O) groups excluding carboxylic acids is 2. The molecule has 1 aromatic heterocycles. The molecule has 1 atom stereocenters. The third-order valence-electron chi connectivity index (χ3n) is 4.19. The molecule has 3 aromatic rings. The first-order valence-electron chi connectivity index (χ1n) is 9.36. The van der Waals surface area contributed by atoms with Gasteiger partial charge in [0.15, 0.2) is 4.34 Å². The molecule has 3 rings (SSSR count). The molecule has 0 spiro atoms. The predicted octanol–water partition coefficient (Wildman–Crippen LogP) is 3.28. The molecule has 2 aromatic carbocycles. The van der Waals surface area contributed by atoms with Crippen molar-refractivity contribution in [3.05, 3.63) is 60.2 Å². The number of esters is 1. The minimum atomic E-state index is -0.752. The molecule has 0 saturated carbocycles. The van der Waals surface area contributed by atoms with E-state index >= 15 is 0 Å². The van der Waals surface area contributed by atoms with Crippen LogP contribution >= 0.6 is 23.1 Å². The Hall–Kier alpha value is -3.11. The summed E-state index contributed by atoms with van der Waals surface area (Å²) in [5.41, 5.74) is 1.71. The fourth-order valence-corrected chi connectivity index (χ4v) is 4.31. The Bertz CT molecular complexity index is 1010. The molecule has 31 heavy (non-hydrogen) atoms. The van der Waals surface area contributed by atoms with Crippen LogP contribution in [0, 0.1) is 0 Å². The van der Waals surface area contributed by atoms with E-state index in [0.717, 1.165) is 11.3 Å². The predicted molar refractivity (Wildman–Crippen MR) is 121 cm³/mol. The summed E-state index contributed by atoms with van der Waals surface area (Å²) < 4.78 is 10.8. The standard InChI is InChI=1S/C21H22N4O4S2/c1-28-17-11-7-6-10-15(17)23-20-24-25-21(31-20)30-13-18(26)22-16(19(27)29-2)12-14-8-4-3-5-9-14/h3-11,16H,12-13H2,1-2H3,(H,22,26)(H,23,24)/t16-/m0/s1. The van der Waals surface area contributed by atoms with Crippen LogP contribution in [0.1, 0.15) is 5.56 Å². The highest BCUT2D eigenvalue weighted by molar-refractivity contribution is 8.01. The van der Waals surface area contributed by atoms with Gasteiger partial charge in [-0.3, -0.25) is 4.79 Å². The molecule has 0 bridgehead atoms. The number of aromatic nitrogens is 2. The van der Waals surface area contributed by atoms with E-state index < -0.39 is 12.0 Å². The SMILES string of the molecule is COC(=O)[C@H](Cc1ccccc1)NC(=O)CSc1nnc(Nc2ccccc2OC)s1. The molecule has 1 amide bonds. The number of carbonyl (C=O) groups is 2. The fraction of sp³-hybridized carbons (Fsp3) is 0.238.